The smallest absolute Gasteiger partial charge is 0.241 e. The summed E-state index contributed by atoms with van der Waals surface area (Å²) in [7, 11) is 0. The molecule has 2 aromatic heterocycles. The van der Waals surface area contributed by atoms with Gasteiger partial charge in [-0.2, -0.15) is 10.1 Å². The fourth-order valence-electron chi connectivity index (χ4n) is 1.67. The molecule has 1 amide bonds. The Hall–Kier alpha value is -2.38. The van der Waals surface area contributed by atoms with E-state index in [1.54, 1.807) is 4.68 Å². The molecule has 8 nitrogen and oxygen atoms in total. The first-order chi connectivity index (χ1) is 9.08. The third-order valence-electron chi connectivity index (χ3n) is 2.81. The lowest BCUT2D eigenvalue weighted by molar-refractivity contribution is -0.121. The summed E-state index contributed by atoms with van der Waals surface area (Å²) in [4.78, 5) is 15.6. The maximum absolute atomic E-state index is 11.7. The molecule has 0 unspecified atom stereocenters. The van der Waals surface area contributed by atoms with Crippen molar-refractivity contribution in [3.63, 3.8) is 0 Å². The van der Waals surface area contributed by atoms with Gasteiger partial charge in [0.2, 0.25) is 12.3 Å². The maximum atomic E-state index is 11.7. The van der Waals surface area contributed by atoms with Crippen LogP contribution >= 0.6 is 0 Å². The third-order valence-corrected chi connectivity index (χ3v) is 2.81. The molecule has 0 radical (unpaired) electrons. The highest BCUT2D eigenvalue weighted by Gasteiger charge is 2.11. The van der Waals surface area contributed by atoms with Crippen LogP contribution in [-0.2, 0) is 17.8 Å². The number of carbonyl (C=O) groups is 1. The zero-order valence-electron chi connectivity index (χ0n) is 10.9. The van der Waals surface area contributed by atoms with Crippen molar-refractivity contribution in [1.82, 2.24) is 25.2 Å². The average molecular weight is 264 g/mol. The number of nitrogens with one attached hydrogen (secondary N) is 1. The van der Waals surface area contributed by atoms with Crippen LogP contribution in [0, 0.1) is 13.8 Å². The Morgan fingerprint density at radius 1 is 1.53 bits per heavy atom. The summed E-state index contributed by atoms with van der Waals surface area (Å²) in [6.07, 6.45) is 1.79. The van der Waals surface area contributed by atoms with E-state index in [0.29, 0.717) is 24.5 Å². The van der Waals surface area contributed by atoms with Gasteiger partial charge >= 0.3 is 0 Å². The summed E-state index contributed by atoms with van der Waals surface area (Å²) in [6.45, 7) is 4.25. The lowest BCUT2D eigenvalue weighted by atomic mass is 10.3. The van der Waals surface area contributed by atoms with Crippen LogP contribution < -0.4 is 11.1 Å². The summed E-state index contributed by atoms with van der Waals surface area (Å²) >= 11 is 0. The number of amides is 1. The number of carbonyl (C=O) groups excluding carboxylic acids is 1. The molecule has 0 aliphatic heterocycles. The molecule has 0 saturated carbocycles. The van der Waals surface area contributed by atoms with E-state index in [4.69, 9.17) is 5.73 Å². The maximum Gasteiger partial charge on any atom is 0.241 e. The second-order valence-electron chi connectivity index (χ2n) is 4.19. The monoisotopic (exact) mass is 264 g/mol. The Morgan fingerprint density at radius 2 is 2.32 bits per heavy atom. The van der Waals surface area contributed by atoms with Crippen molar-refractivity contribution in [2.24, 2.45) is 0 Å². The number of nitrogens with two attached hydrogens (primary N) is 1. The van der Waals surface area contributed by atoms with Crippen LogP contribution in [0.4, 0.5) is 5.69 Å². The van der Waals surface area contributed by atoms with Crippen LogP contribution in [0.5, 0.6) is 0 Å². The molecule has 2 rings (SSSR count). The Kier molecular flexibility index (Phi) is 3.79. The fourth-order valence-corrected chi connectivity index (χ4v) is 1.67. The van der Waals surface area contributed by atoms with Crippen molar-refractivity contribution in [3.05, 3.63) is 23.6 Å². The zero-order chi connectivity index (χ0) is 13.8. The topological polar surface area (TPSA) is 112 Å². The number of nitrogen functional groups attached to an aromatic ring is 1. The Morgan fingerprint density at radius 3 is 2.89 bits per heavy atom. The van der Waals surface area contributed by atoms with Crippen molar-refractivity contribution >= 4 is 11.6 Å². The van der Waals surface area contributed by atoms with Gasteiger partial charge in [-0.25, -0.2) is 0 Å². The molecule has 19 heavy (non-hydrogen) atoms. The molecule has 0 atom stereocenters. The van der Waals surface area contributed by atoms with Gasteiger partial charge in [0.25, 0.3) is 0 Å². The van der Waals surface area contributed by atoms with Crippen LogP contribution in [-0.4, -0.2) is 32.4 Å². The quantitative estimate of drug-likeness (QED) is 0.775. The summed E-state index contributed by atoms with van der Waals surface area (Å²) < 4.78 is 6.19. The van der Waals surface area contributed by atoms with E-state index in [0.717, 1.165) is 11.4 Å². The standard InChI is InChI=1S/C11H16N6O2/c1-7-11(12)8(2)17(15-7)5-10(18)13-4-3-9-14-6-19-16-9/h6H,3-5,12H2,1-2H3,(H,13,18). The Balaban J connectivity index is 1.82. The molecule has 3 N–H and O–H groups in total. The third kappa shape index (κ3) is 3.09. The van der Waals surface area contributed by atoms with Gasteiger partial charge in [-0.3, -0.25) is 9.48 Å². The first kappa shape index (κ1) is 13.1. The van der Waals surface area contributed by atoms with Crippen molar-refractivity contribution in [3.8, 4) is 0 Å². The minimum Gasteiger partial charge on any atom is -0.396 e. The van der Waals surface area contributed by atoms with Gasteiger partial charge in [0, 0.05) is 13.0 Å². The molecule has 2 aromatic rings. The molecule has 102 valence electrons. The molecular weight excluding hydrogens is 248 g/mol. The minimum absolute atomic E-state index is 0.130. The summed E-state index contributed by atoms with van der Waals surface area (Å²) in [5, 5.41) is 10.6. The molecular formula is C11H16N6O2. The van der Waals surface area contributed by atoms with Crippen LogP contribution in [0.1, 0.15) is 17.2 Å². The van der Waals surface area contributed by atoms with Gasteiger partial charge < -0.3 is 15.6 Å². The second kappa shape index (κ2) is 5.51. The number of hydrogen-bond donors (Lipinski definition) is 2. The minimum atomic E-state index is -0.130. The molecule has 0 saturated heterocycles. The molecule has 0 fully saturated rings. The van der Waals surface area contributed by atoms with E-state index < -0.39 is 0 Å². The van der Waals surface area contributed by atoms with Gasteiger partial charge in [-0.1, -0.05) is 5.16 Å². The first-order valence-electron chi connectivity index (χ1n) is 5.89. The van der Waals surface area contributed by atoms with E-state index in [9.17, 15) is 4.79 Å². The van der Waals surface area contributed by atoms with Gasteiger partial charge in [-0.15, -0.1) is 0 Å². The molecule has 0 aromatic carbocycles. The predicted octanol–water partition coefficient (Wildman–Crippen LogP) is -0.176. The normalized spacial score (nSPS) is 10.6. The fraction of sp³-hybridized carbons (Fsp3) is 0.455. The van der Waals surface area contributed by atoms with Crippen LogP contribution in [0.3, 0.4) is 0 Å². The number of aryl methyl sites for hydroxylation is 1. The van der Waals surface area contributed by atoms with Gasteiger partial charge in [-0.05, 0) is 13.8 Å². The number of aromatic nitrogens is 4. The second-order valence-corrected chi connectivity index (χ2v) is 4.19. The van der Waals surface area contributed by atoms with E-state index >= 15 is 0 Å². The lowest BCUT2D eigenvalue weighted by Crippen LogP contribution is -2.30. The molecule has 0 bridgehead atoms. The molecule has 0 aliphatic rings. The van der Waals surface area contributed by atoms with E-state index in [-0.39, 0.29) is 12.5 Å². The van der Waals surface area contributed by atoms with Crippen LogP contribution in [0.25, 0.3) is 0 Å². The highest BCUT2D eigenvalue weighted by Crippen LogP contribution is 2.14. The molecule has 8 heteroatoms. The Labute approximate surface area is 110 Å². The van der Waals surface area contributed by atoms with E-state index in [2.05, 4.69) is 25.1 Å². The van der Waals surface area contributed by atoms with Gasteiger partial charge in [0.05, 0.1) is 17.1 Å². The van der Waals surface area contributed by atoms with Gasteiger partial charge in [0.15, 0.2) is 5.82 Å². The predicted molar refractivity (Wildman–Crippen MR) is 67.1 cm³/mol. The van der Waals surface area contributed by atoms with Gasteiger partial charge in [0.1, 0.15) is 6.54 Å². The summed E-state index contributed by atoms with van der Waals surface area (Å²) in [6, 6.07) is 0. The summed E-state index contributed by atoms with van der Waals surface area (Å²) in [5.74, 6) is 0.435. The van der Waals surface area contributed by atoms with Crippen molar-refractivity contribution < 1.29 is 9.32 Å². The van der Waals surface area contributed by atoms with Crippen LogP contribution in [0.15, 0.2) is 10.9 Å². The van der Waals surface area contributed by atoms with E-state index in [1.165, 1.54) is 6.39 Å². The van der Waals surface area contributed by atoms with Crippen molar-refractivity contribution in [1.29, 1.82) is 0 Å². The highest BCUT2D eigenvalue weighted by atomic mass is 16.5. The van der Waals surface area contributed by atoms with E-state index in [1.807, 2.05) is 13.8 Å². The molecule has 0 spiro atoms. The number of hydrogen-bond acceptors (Lipinski definition) is 6. The molecule has 0 aliphatic carbocycles. The lowest BCUT2D eigenvalue weighted by Gasteiger charge is -2.05. The average Bonchev–Trinajstić information content (AvgIpc) is 2.96. The zero-order valence-corrected chi connectivity index (χ0v) is 10.9. The van der Waals surface area contributed by atoms with Crippen LogP contribution in [0.2, 0.25) is 0 Å². The van der Waals surface area contributed by atoms with Crippen molar-refractivity contribution in [2.75, 3.05) is 12.3 Å². The van der Waals surface area contributed by atoms with Crippen molar-refractivity contribution in [2.45, 2.75) is 26.8 Å². The first-order valence-corrected chi connectivity index (χ1v) is 5.89. The number of anilines is 1. The number of nitrogens with zero attached hydrogens (tertiary/aromatic N) is 4. The Bertz CT molecular complexity index is 560. The number of rotatable bonds is 5. The molecule has 2 heterocycles. The summed E-state index contributed by atoms with van der Waals surface area (Å²) in [5.41, 5.74) is 7.96. The largest absolute Gasteiger partial charge is 0.396 e. The SMILES string of the molecule is Cc1nn(CC(=O)NCCc2ncon2)c(C)c1N. The highest BCUT2D eigenvalue weighted by molar-refractivity contribution is 5.75.